The minimum atomic E-state index is -0.959. The van der Waals surface area contributed by atoms with Crippen LogP contribution in [0, 0.1) is 5.82 Å². The third-order valence-electron chi connectivity index (χ3n) is 7.25. The molecule has 0 radical (unpaired) electrons. The van der Waals surface area contributed by atoms with Crippen molar-refractivity contribution in [1.29, 1.82) is 0 Å². The van der Waals surface area contributed by atoms with Gasteiger partial charge < -0.3 is 24.5 Å². The first-order valence-electron chi connectivity index (χ1n) is 13.1. The van der Waals surface area contributed by atoms with E-state index in [9.17, 15) is 14.3 Å². The Morgan fingerprint density at radius 3 is 2.85 bits per heavy atom. The standard InChI is InChI=1S/C28H28ClFN6O4/c29-19-3-1-18(22(30)10-19)16-40-27-12-31-11-25(34-27)32-20-5-7-35(13-20)15-26-33-23-4-2-17(28(37)38)9-24(23)36(26)14-21-6-8-39-21/h1-4,9-12,20-21H,5-8,13-16H2,(H,32,34)(H,37,38)/t20-,21+/m1/s1. The van der Waals surface area contributed by atoms with Crippen LogP contribution in [-0.4, -0.2) is 67.3 Å². The highest BCUT2D eigenvalue weighted by Gasteiger charge is 2.27. The van der Waals surface area contributed by atoms with Gasteiger partial charge in [0.2, 0.25) is 5.88 Å². The molecule has 0 bridgehead atoms. The van der Waals surface area contributed by atoms with Gasteiger partial charge in [-0.1, -0.05) is 17.7 Å². The van der Waals surface area contributed by atoms with Gasteiger partial charge in [-0.15, -0.1) is 0 Å². The van der Waals surface area contributed by atoms with Crippen molar-refractivity contribution in [3.63, 3.8) is 0 Å². The molecule has 2 saturated heterocycles. The van der Waals surface area contributed by atoms with E-state index in [1.54, 1.807) is 36.5 Å². The molecule has 12 heteroatoms. The van der Waals surface area contributed by atoms with Gasteiger partial charge in [-0.2, -0.15) is 4.98 Å². The van der Waals surface area contributed by atoms with E-state index in [2.05, 4.69) is 24.8 Å². The van der Waals surface area contributed by atoms with Crippen LogP contribution in [0.25, 0.3) is 11.0 Å². The van der Waals surface area contributed by atoms with Crippen LogP contribution in [0.1, 0.15) is 34.6 Å². The van der Waals surface area contributed by atoms with Gasteiger partial charge in [-0.25, -0.2) is 14.2 Å². The number of nitrogens with zero attached hydrogens (tertiary/aromatic N) is 5. The molecule has 2 N–H and O–H groups in total. The van der Waals surface area contributed by atoms with Crippen LogP contribution < -0.4 is 10.1 Å². The smallest absolute Gasteiger partial charge is 0.335 e. The molecule has 4 heterocycles. The fraction of sp³-hybridized carbons (Fsp3) is 0.357. The number of aromatic carboxylic acids is 1. The van der Waals surface area contributed by atoms with Crippen molar-refractivity contribution < 1.29 is 23.8 Å². The number of anilines is 1. The Bertz CT molecular complexity index is 1540. The third kappa shape index (κ3) is 5.86. The van der Waals surface area contributed by atoms with Crippen LogP contribution >= 0.6 is 11.6 Å². The fourth-order valence-electron chi connectivity index (χ4n) is 5.04. The summed E-state index contributed by atoms with van der Waals surface area (Å²) in [4.78, 5) is 27.4. The quantitative estimate of drug-likeness (QED) is 0.289. The molecule has 0 amide bonds. The summed E-state index contributed by atoms with van der Waals surface area (Å²) < 4.78 is 27.5. The molecule has 2 aromatic carbocycles. The number of nitrogens with one attached hydrogen (secondary N) is 1. The zero-order chi connectivity index (χ0) is 27.6. The van der Waals surface area contributed by atoms with Crippen LogP contribution in [0.15, 0.2) is 48.8 Å². The summed E-state index contributed by atoms with van der Waals surface area (Å²) in [6.45, 7) is 3.67. The fourth-order valence-corrected chi connectivity index (χ4v) is 5.20. The zero-order valence-electron chi connectivity index (χ0n) is 21.6. The van der Waals surface area contributed by atoms with Gasteiger partial charge in [0.05, 0.1) is 48.2 Å². The Morgan fingerprint density at radius 2 is 2.08 bits per heavy atom. The van der Waals surface area contributed by atoms with Crippen LogP contribution in [-0.2, 0) is 24.4 Å². The van der Waals surface area contributed by atoms with Crippen LogP contribution in [0.4, 0.5) is 10.2 Å². The normalized spacial score (nSPS) is 19.1. The van der Waals surface area contributed by atoms with Crippen molar-refractivity contribution in [2.24, 2.45) is 0 Å². The second-order valence-electron chi connectivity index (χ2n) is 10.1. The minimum Gasteiger partial charge on any atom is -0.478 e. The Morgan fingerprint density at radius 1 is 1.20 bits per heavy atom. The molecule has 208 valence electrons. The highest BCUT2D eigenvalue weighted by molar-refractivity contribution is 6.30. The minimum absolute atomic E-state index is 0.0131. The first kappa shape index (κ1) is 26.4. The number of aromatic nitrogens is 4. The number of likely N-dealkylation sites (tertiary alicyclic amines) is 1. The average Bonchev–Trinajstić information content (AvgIpc) is 3.49. The summed E-state index contributed by atoms with van der Waals surface area (Å²) >= 11 is 5.82. The first-order chi connectivity index (χ1) is 19.4. The maximum atomic E-state index is 14.1. The number of ether oxygens (including phenoxy) is 2. The number of hydrogen-bond acceptors (Lipinski definition) is 8. The molecule has 10 nitrogen and oxygen atoms in total. The summed E-state index contributed by atoms with van der Waals surface area (Å²) in [6.07, 6.45) is 5.12. The van der Waals surface area contributed by atoms with Crippen molar-refractivity contribution in [2.75, 3.05) is 25.0 Å². The lowest BCUT2D eigenvalue weighted by Gasteiger charge is -2.28. The number of halogens is 2. The summed E-state index contributed by atoms with van der Waals surface area (Å²) in [5, 5.41) is 13.2. The van der Waals surface area contributed by atoms with E-state index in [1.807, 2.05) is 0 Å². The van der Waals surface area contributed by atoms with Crippen LogP contribution in [0.3, 0.4) is 0 Å². The maximum Gasteiger partial charge on any atom is 0.335 e. The van der Waals surface area contributed by atoms with E-state index >= 15 is 0 Å². The molecule has 6 rings (SSSR count). The van der Waals surface area contributed by atoms with Crippen LogP contribution in [0.2, 0.25) is 5.02 Å². The molecular weight excluding hydrogens is 539 g/mol. The lowest BCUT2D eigenvalue weighted by Crippen LogP contribution is -2.33. The van der Waals surface area contributed by atoms with E-state index in [0.29, 0.717) is 35.4 Å². The number of imidazole rings is 1. The van der Waals surface area contributed by atoms with Gasteiger partial charge >= 0.3 is 5.97 Å². The molecule has 2 aliphatic heterocycles. The van der Waals surface area contributed by atoms with Gasteiger partial charge in [-0.3, -0.25) is 9.88 Å². The van der Waals surface area contributed by atoms with Crippen molar-refractivity contribution in [3.05, 3.63) is 76.6 Å². The van der Waals surface area contributed by atoms with Crippen LogP contribution in [0.5, 0.6) is 5.88 Å². The van der Waals surface area contributed by atoms with E-state index in [-0.39, 0.29) is 24.3 Å². The van der Waals surface area contributed by atoms with Gasteiger partial charge in [0, 0.05) is 36.3 Å². The number of carboxylic acids is 1. The predicted molar refractivity (Wildman–Crippen MR) is 146 cm³/mol. The lowest BCUT2D eigenvalue weighted by molar-refractivity contribution is -0.0591. The monoisotopic (exact) mass is 566 g/mol. The van der Waals surface area contributed by atoms with Crippen molar-refractivity contribution in [1.82, 2.24) is 24.4 Å². The van der Waals surface area contributed by atoms with Gasteiger partial charge in [0.1, 0.15) is 24.1 Å². The molecule has 2 aliphatic rings. The van der Waals surface area contributed by atoms with Crippen molar-refractivity contribution in [3.8, 4) is 5.88 Å². The lowest BCUT2D eigenvalue weighted by atomic mass is 10.1. The Labute approximate surface area is 234 Å². The molecule has 2 aromatic heterocycles. The topological polar surface area (TPSA) is 115 Å². The number of fused-ring (bicyclic) bond motifs is 1. The second kappa shape index (κ2) is 11.4. The predicted octanol–water partition coefficient (Wildman–Crippen LogP) is 4.37. The van der Waals surface area contributed by atoms with E-state index in [1.165, 1.54) is 12.3 Å². The van der Waals surface area contributed by atoms with Gasteiger partial charge in [0.25, 0.3) is 0 Å². The molecule has 4 aromatic rings. The second-order valence-corrected chi connectivity index (χ2v) is 10.5. The third-order valence-corrected chi connectivity index (χ3v) is 7.48. The Kier molecular flexibility index (Phi) is 7.50. The summed E-state index contributed by atoms with van der Waals surface area (Å²) in [5.74, 6) is 0.368. The molecule has 0 spiro atoms. The summed E-state index contributed by atoms with van der Waals surface area (Å²) in [7, 11) is 0. The zero-order valence-corrected chi connectivity index (χ0v) is 22.4. The first-order valence-corrected chi connectivity index (χ1v) is 13.5. The number of rotatable bonds is 10. The largest absolute Gasteiger partial charge is 0.478 e. The number of carbonyl (C=O) groups is 1. The average molecular weight is 567 g/mol. The van der Waals surface area contributed by atoms with Gasteiger partial charge in [0.15, 0.2) is 0 Å². The maximum absolute atomic E-state index is 14.1. The SMILES string of the molecule is O=C(O)c1ccc2nc(CN3CC[C@@H](Nc4cncc(OCc5ccc(Cl)cc5F)n4)C3)n(C[C@@H]3CCO3)c2c1. The Balaban J connectivity index is 1.10. The Hall–Kier alpha value is -3.80. The number of carboxylic acid groups (broad SMARTS) is 1. The van der Waals surface area contributed by atoms with Crippen molar-refractivity contribution in [2.45, 2.75) is 44.7 Å². The van der Waals surface area contributed by atoms with E-state index in [0.717, 1.165) is 49.4 Å². The molecule has 40 heavy (non-hydrogen) atoms. The number of benzene rings is 2. The molecule has 0 saturated carbocycles. The van der Waals surface area contributed by atoms with E-state index in [4.69, 9.17) is 26.1 Å². The summed E-state index contributed by atoms with van der Waals surface area (Å²) in [6, 6.07) is 9.64. The molecule has 2 atom stereocenters. The molecule has 0 aliphatic carbocycles. The van der Waals surface area contributed by atoms with E-state index < -0.39 is 11.8 Å². The summed E-state index contributed by atoms with van der Waals surface area (Å²) in [5.41, 5.74) is 2.21. The highest BCUT2D eigenvalue weighted by atomic mass is 35.5. The van der Waals surface area contributed by atoms with Gasteiger partial charge in [-0.05, 0) is 43.2 Å². The number of hydrogen-bond donors (Lipinski definition) is 2. The molecule has 0 unspecified atom stereocenters. The molecule has 2 fully saturated rings. The molecular formula is C28H28ClFN6O4. The highest BCUT2D eigenvalue weighted by Crippen LogP contribution is 2.25. The van der Waals surface area contributed by atoms with Crippen molar-refractivity contribution >= 4 is 34.4 Å².